The Bertz CT molecular complexity index is 947. The number of benzene rings is 2. The monoisotopic (exact) mass is 406 g/mol. The van der Waals surface area contributed by atoms with Crippen LogP contribution in [0, 0.1) is 5.92 Å². The number of methoxy groups -OCH3 is 1. The van der Waals surface area contributed by atoms with Crippen molar-refractivity contribution in [2.75, 3.05) is 19.0 Å². The van der Waals surface area contributed by atoms with Gasteiger partial charge in [-0.3, -0.25) is 9.59 Å². The van der Waals surface area contributed by atoms with Gasteiger partial charge in [0.25, 0.3) is 5.91 Å². The normalized spacial score (nSPS) is 19.8. The highest BCUT2D eigenvalue weighted by molar-refractivity contribution is 6.05. The minimum absolute atomic E-state index is 0.0579. The zero-order chi connectivity index (χ0) is 21.3. The lowest BCUT2D eigenvalue weighted by molar-refractivity contribution is -0.121. The fourth-order valence-corrected chi connectivity index (χ4v) is 5.25. The zero-order valence-electron chi connectivity index (χ0n) is 18.0. The van der Waals surface area contributed by atoms with Gasteiger partial charge in [-0.15, -0.1) is 0 Å². The molecule has 2 amide bonds. The van der Waals surface area contributed by atoms with Gasteiger partial charge in [0.15, 0.2) is 0 Å². The van der Waals surface area contributed by atoms with Gasteiger partial charge < -0.3 is 15.0 Å². The van der Waals surface area contributed by atoms with E-state index in [1.54, 1.807) is 7.11 Å². The van der Waals surface area contributed by atoms with Gasteiger partial charge in [-0.1, -0.05) is 57.0 Å². The quantitative estimate of drug-likeness (QED) is 0.773. The van der Waals surface area contributed by atoms with Gasteiger partial charge in [-0.2, -0.15) is 0 Å². The SMILES string of the molecule is COc1ccccc1NC(=O)[C@H]1c2ccccc2C(=O)N(CC(C)C)C12CCCC2. The number of amides is 2. The molecule has 5 nitrogen and oxygen atoms in total. The van der Waals surface area contributed by atoms with Crippen LogP contribution in [0.3, 0.4) is 0 Å². The van der Waals surface area contributed by atoms with E-state index in [4.69, 9.17) is 4.74 Å². The van der Waals surface area contributed by atoms with Gasteiger partial charge in [0.05, 0.1) is 24.3 Å². The summed E-state index contributed by atoms with van der Waals surface area (Å²) in [4.78, 5) is 29.3. The first kappa shape index (κ1) is 20.5. The standard InChI is InChI=1S/C25H30N2O3/c1-17(2)16-27-24(29)19-11-5-4-10-18(19)22(25(27)14-8-9-15-25)23(28)26-20-12-6-7-13-21(20)30-3/h4-7,10-13,17,22H,8-9,14-16H2,1-3H3,(H,26,28)/t22-/m1/s1. The fraction of sp³-hybridized carbons (Fsp3) is 0.440. The minimum atomic E-state index is -0.470. The Morgan fingerprint density at radius 3 is 2.50 bits per heavy atom. The van der Waals surface area contributed by atoms with E-state index >= 15 is 0 Å². The molecule has 1 fully saturated rings. The lowest BCUT2D eigenvalue weighted by atomic mass is 9.70. The molecule has 0 radical (unpaired) electrons. The zero-order valence-corrected chi connectivity index (χ0v) is 18.0. The summed E-state index contributed by atoms with van der Waals surface area (Å²) >= 11 is 0. The maximum Gasteiger partial charge on any atom is 0.254 e. The largest absolute Gasteiger partial charge is 0.495 e. The van der Waals surface area contributed by atoms with Gasteiger partial charge in [0, 0.05) is 12.1 Å². The average Bonchev–Trinajstić information content (AvgIpc) is 3.21. The number of nitrogens with one attached hydrogen (secondary N) is 1. The summed E-state index contributed by atoms with van der Waals surface area (Å²) in [5.41, 5.74) is 1.68. The van der Waals surface area contributed by atoms with E-state index < -0.39 is 11.5 Å². The second kappa shape index (κ2) is 8.13. The van der Waals surface area contributed by atoms with Gasteiger partial charge in [-0.05, 0) is 42.5 Å². The minimum Gasteiger partial charge on any atom is -0.495 e. The van der Waals surface area contributed by atoms with E-state index in [-0.39, 0.29) is 11.8 Å². The van der Waals surface area contributed by atoms with Crippen LogP contribution in [0.1, 0.15) is 61.4 Å². The van der Waals surface area contributed by atoms with Gasteiger partial charge in [0.2, 0.25) is 5.91 Å². The van der Waals surface area contributed by atoms with Crippen molar-refractivity contribution in [1.82, 2.24) is 4.90 Å². The maximum absolute atomic E-state index is 13.8. The molecule has 5 heteroatoms. The molecule has 0 saturated heterocycles. The van der Waals surface area contributed by atoms with Crippen LogP contribution in [-0.4, -0.2) is 35.9 Å². The van der Waals surface area contributed by atoms with Crippen molar-refractivity contribution in [2.24, 2.45) is 5.92 Å². The molecule has 1 aliphatic heterocycles. The van der Waals surface area contributed by atoms with Crippen LogP contribution < -0.4 is 10.1 Å². The van der Waals surface area contributed by atoms with Gasteiger partial charge in [-0.25, -0.2) is 0 Å². The smallest absolute Gasteiger partial charge is 0.254 e. The van der Waals surface area contributed by atoms with E-state index in [0.29, 0.717) is 29.5 Å². The molecule has 1 saturated carbocycles. The van der Waals surface area contributed by atoms with Crippen LogP contribution in [0.2, 0.25) is 0 Å². The summed E-state index contributed by atoms with van der Waals surface area (Å²) in [5.74, 6) is 0.537. The van der Waals surface area contributed by atoms with Crippen LogP contribution in [0.25, 0.3) is 0 Å². The molecule has 1 atom stereocenters. The van der Waals surface area contributed by atoms with Crippen molar-refractivity contribution in [3.05, 3.63) is 59.7 Å². The number of anilines is 1. The third-order valence-corrected chi connectivity index (χ3v) is 6.47. The van der Waals surface area contributed by atoms with Crippen LogP contribution in [-0.2, 0) is 4.79 Å². The average molecular weight is 407 g/mol. The predicted molar refractivity (Wildman–Crippen MR) is 118 cm³/mol. The molecule has 1 heterocycles. The Labute approximate surface area is 178 Å². The molecular weight excluding hydrogens is 376 g/mol. The van der Waals surface area contributed by atoms with E-state index in [9.17, 15) is 9.59 Å². The topological polar surface area (TPSA) is 58.6 Å². The number of hydrogen-bond donors (Lipinski definition) is 1. The summed E-state index contributed by atoms with van der Waals surface area (Å²) in [6.07, 6.45) is 3.76. The predicted octanol–water partition coefficient (Wildman–Crippen LogP) is 4.84. The highest BCUT2D eigenvalue weighted by atomic mass is 16.5. The number of hydrogen-bond acceptors (Lipinski definition) is 3. The highest BCUT2D eigenvalue weighted by Crippen LogP contribution is 2.51. The molecule has 1 N–H and O–H groups in total. The van der Waals surface area contributed by atoms with Crippen molar-refractivity contribution in [3.8, 4) is 5.75 Å². The second-order valence-electron chi connectivity index (χ2n) is 8.83. The molecule has 0 bridgehead atoms. The fourth-order valence-electron chi connectivity index (χ4n) is 5.25. The number of nitrogens with zero attached hydrogens (tertiary/aromatic N) is 1. The molecule has 4 rings (SSSR count). The summed E-state index contributed by atoms with van der Waals surface area (Å²) in [6.45, 7) is 4.91. The molecule has 2 aromatic carbocycles. The molecule has 2 aromatic rings. The van der Waals surface area contributed by atoms with E-state index in [2.05, 4.69) is 19.2 Å². The summed E-state index contributed by atoms with van der Waals surface area (Å²) in [6, 6.07) is 15.1. The van der Waals surface area contributed by atoms with Crippen LogP contribution in [0.4, 0.5) is 5.69 Å². The Morgan fingerprint density at radius 2 is 1.80 bits per heavy atom. The Morgan fingerprint density at radius 1 is 1.13 bits per heavy atom. The lowest BCUT2D eigenvalue weighted by Gasteiger charge is -2.50. The summed E-state index contributed by atoms with van der Waals surface area (Å²) < 4.78 is 5.43. The Balaban J connectivity index is 1.81. The van der Waals surface area contributed by atoms with Crippen molar-refractivity contribution >= 4 is 17.5 Å². The van der Waals surface area contributed by atoms with E-state index in [1.165, 1.54) is 0 Å². The third-order valence-electron chi connectivity index (χ3n) is 6.47. The highest BCUT2D eigenvalue weighted by Gasteiger charge is 2.55. The number of carbonyl (C=O) groups excluding carboxylic acids is 2. The molecule has 0 unspecified atom stereocenters. The van der Waals surface area contributed by atoms with Crippen LogP contribution in [0.5, 0.6) is 5.75 Å². The van der Waals surface area contributed by atoms with Crippen molar-refractivity contribution < 1.29 is 14.3 Å². The number of fused-ring (bicyclic) bond motifs is 1. The summed E-state index contributed by atoms with van der Waals surface area (Å²) in [5, 5.41) is 3.11. The van der Waals surface area contributed by atoms with E-state index in [1.807, 2.05) is 53.4 Å². The molecule has 2 aliphatic rings. The van der Waals surface area contributed by atoms with Crippen molar-refractivity contribution in [1.29, 1.82) is 0 Å². The molecule has 0 aromatic heterocycles. The molecule has 30 heavy (non-hydrogen) atoms. The maximum atomic E-state index is 13.8. The van der Waals surface area contributed by atoms with Crippen molar-refractivity contribution in [2.45, 2.75) is 51.0 Å². The Hall–Kier alpha value is -2.82. The molecule has 1 aliphatic carbocycles. The van der Waals surface area contributed by atoms with Gasteiger partial charge in [0.1, 0.15) is 5.75 Å². The first-order chi connectivity index (χ1) is 14.5. The van der Waals surface area contributed by atoms with Crippen LogP contribution >= 0.6 is 0 Å². The molecular formula is C25H30N2O3. The van der Waals surface area contributed by atoms with E-state index in [0.717, 1.165) is 31.2 Å². The number of carbonyl (C=O) groups is 2. The summed E-state index contributed by atoms with van der Waals surface area (Å²) in [7, 11) is 1.60. The molecule has 158 valence electrons. The Kier molecular flexibility index (Phi) is 5.54. The van der Waals surface area contributed by atoms with Gasteiger partial charge >= 0.3 is 0 Å². The first-order valence-electron chi connectivity index (χ1n) is 10.8. The third kappa shape index (κ3) is 3.36. The number of rotatable bonds is 5. The number of para-hydroxylation sites is 2. The van der Waals surface area contributed by atoms with Crippen molar-refractivity contribution in [3.63, 3.8) is 0 Å². The molecule has 1 spiro atoms. The number of ether oxygens (including phenoxy) is 1. The lowest BCUT2D eigenvalue weighted by Crippen LogP contribution is -2.60. The first-order valence-corrected chi connectivity index (χ1v) is 10.8. The second-order valence-corrected chi connectivity index (χ2v) is 8.83. The van der Waals surface area contributed by atoms with Crippen LogP contribution in [0.15, 0.2) is 48.5 Å².